The number of hydrogen-bond acceptors (Lipinski definition) is 5. The van der Waals surface area contributed by atoms with Crippen LogP contribution in [0.2, 0.25) is 5.02 Å². The highest BCUT2D eigenvalue weighted by Gasteiger charge is 2.11. The first-order valence-corrected chi connectivity index (χ1v) is 4.97. The Morgan fingerprint density at radius 2 is 2.25 bits per heavy atom. The number of aliphatic hydroxyl groups is 1. The quantitative estimate of drug-likeness (QED) is 0.814. The maximum atomic E-state index is 9.31. The molecule has 0 aliphatic rings. The van der Waals surface area contributed by atoms with Crippen LogP contribution in [0.1, 0.15) is 18.7 Å². The third kappa shape index (κ3) is 1.98. The zero-order valence-corrected chi connectivity index (χ0v) is 9.26. The molecule has 6 nitrogen and oxygen atoms in total. The predicted molar refractivity (Wildman–Crippen MR) is 59.2 cm³/mol. The molecule has 0 radical (unpaired) electrons. The van der Waals surface area contributed by atoms with Crippen molar-refractivity contribution in [3.63, 3.8) is 0 Å². The molecule has 84 valence electrons. The second-order valence-electron chi connectivity index (χ2n) is 3.31. The average molecular weight is 240 g/mol. The minimum atomic E-state index is -0.679. The summed E-state index contributed by atoms with van der Waals surface area (Å²) in [5, 5.41) is 17.7. The van der Waals surface area contributed by atoms with Crippen LogP contribution in [0.25, 0.3) is 5.82 Å². The molecule has 2 rings (SSSR count). The molecule has 2 aromatic heterocycles. The summed E-state index contributed by atoms with van der Waals surface area (Å²) in [5.74, 6) is 0.378. The number of aromatic nitrogens is 4. The lowest BCUT2D eigenvalue weighted by molar-refractivity contribution is 0.193. The van der Waals surface area contributed by atoms with Crippen molar-refractivity contribution >= 4 is 17.3 Å². The van der Waals surface area contributed by atoms with Crippen LogP contribution < -0.4 is 5.73 Å². The molecule has 0 bridgehead atoms. The summed E-state index contributed by atoms with van der Waals surface area (Å²) >= 11 is 5.95. The molecule has 0 saturated heterocycles. The van der Waals surface area contributed by atoms with Crippen molar-refractivity contribution in [2.45, 2.75) is 13.0 Å². The van der Waals surface area contributed by atoms with E-state index in [1.165, 1.54) is 17.2 Å². The molecule has 16 heavy (non-hydrogen) atoms. The fourth-order valence-electron chi connectivity index (χ4n) is 1.16. The first-order valence-electron chi connectivity index (χ1n) is 4.59. The molecule has 0 amide bonds. The van der Waals surface area contributed by atoms with Crippen LogP contribution in [0.15, 0.2) is 18.5 Å². The molecule has 3 N–H and O–H groups in total. The molecule has 1 unspecified atom stereocenters. The standard InChI is InChI=1S/C9H10ClN5O/c1-5(16)8-4-13-15(14-8)9-7(10)2-6(11)3-12-9/h2-5,16H,11H2,1H3. The SMILES string of the molecule is CC(O)c1cnn(-c2ncc(N)cc2Cl)n1. The van der Waals surface area contributed by atoms with E-state index in [0.717, 1.165) is 0 Å². The summed E-state index contributed by atoms with van der Waals surface area (Å²) in [5.41, 5.74) is 6.44. The Bertz CT molecular complexity index is 510. The van der Waals surface area contributed by atoms with Gasteiger partial charge in [-0.15, -0.1) is 9.90 Å². The van der Waals surface area contributed by atoms with Crippen LogP contribution in [0.4, 0.5) is 5.69 Å². The first kappa shape index (κ1) is 10.8. The lowest BCUT2D eigenvalue weighted by atomic mass is 10.3. The third-order valence-electron chi connectivity index (χ3n) is 1.97. The summed E-state index contributed by atoms with van der Waals surface area (Å²) in [6, 6.07) is 1.56. The predicted octanol–water partition coefficient (Wildman–Crippen LogP) is 0.951. The van der Waals surface area contributed by atoms with Crippen LogP contribution in [-0.2, 0) is 0 Å². The number of halogens is 1. The van der Waals surface area contributed by atoms with Gasteiger partial charge in [0.2, 0.25) is 0 Å². The van der Waals surface area contributed by atoms with E-state index in [4.69, 9.17) is 17.3 Å². The van der Waals surface area contributed by atoms with Gasteiger partial charge in [0.1, 0.15) is 5.69 Å². The zero-order valence-electron chi connectivity index (χ0n) is 8.50. The fraction of sp³-hybridized carbons (Fsp3) is 0.222. The number of hydrogen-bond donors (Lipinski definition) is 2. The number of nitrogens with zero attached hydrogens (tertiary/aromatic N) is 4. The Hall–Kier alpha value is -1.66. The van der Waals surface area contributed by atoms with E-state index in [1.807, 2.05) is 0 Å². The molecule has 0 aliphatic carbocycles. The van der Waals surface area contributed by atoms with Gasteiger partial charge in [-0.1, -0.05) is 11.6 Å². The highest BCUT2D eigenvalue weighted by Crippen LogP contribution is 2.19. The monoisotopic (exact) mass is 239 g/mol. The van der Waals surface area contributed by atoms with Crippen LogP contribution in [0.5, 0.6) is 0 Å². The van der Waals surface area contributed by atoms with Gasteiger partial charge in [-0.3, -0.25) is 0 Å². The maximum absolute atomic E-state index is 9.31. The van der Waals surface area contributed by atoms with Crippen molar-refractivity contribution < 1.29 is 5.11 Å². The second-order valence-corrected chi connectivity index (χ2v) is 3.72. The van der Waals surface area contributed by atoms with E-state index < -0.39 is 6.10 Å². The molecule has 2 heterocycles. The van der Waals surface area contributed by atoms with Crippen LogP contribution in [-0.4, -0.2) is 25.1 Å². The number of aliphatic hydroxyl groups excluding tert-OH is 1. The van der Waals surface area contributed by atoms with Gasteiger partial charge in [0.25, 0.3) is 0 Å². The van der Waals surface area contributed by atoms with E-state index >= 15 is 0 Å². The summed E-state index contributed by atoms with van der Waals surface area (Å²) in [7, 11) is 0. The van der Waals surface area contributed by atoms with Gasteiger partial charge >= 0.3 is 0 Å². The fourth-order valence-corrected chi connectivity index (χ4v) is 1.41. The molecule has 2 aromatic rings. The van der Waals surface area contributed by atoms with Gasteiger partial charge in [0.05, 0.1) is 29.2 Å². The van der Waals surface area contributed by atoms with Crippen molar-refractivity contribution in [3.8, 4) is 5.82 Å². The topological polar surface area (TPSA) is 89.9 Å². The molecule has 0 aromatic carbocycles. The van der Waals surface area contributed by atoms with Crippen molar-refractivity contribution in [2.75, 3.05) is 5.73 Å². The van der Waals surface area contributed by atoms with Crippen molar-refractivity contribution in [1.29, 1.82) is 0 Å². The minimum absolute atomic E-state index is 0.354. The van der Waals surface area contributed by atoms with E-state index in [1.54, 1.807) is 13.0 Å². The van der Waals surface area contributed by atoms with Crippen LogP contribution in [0, 0.1) is 0 Å². The van der Waals surface area contributed by atoms with Gasteiger partial charge in [-0.05, 0) is 13.0 Å². The number of rotatable bonds is 2. The summed E-state index contributed by atoms with van der Waals surface area (Å²) < 4.78 is 0. The molecule has 0 spiro atoms. The number of nitrogen functional groups attached to an aromatic ring is 1. The number of anilines is 1. The smallest absolute Gasteiger partial charge is 0.193 e. The highest BCUT2D eigenvalue weighted by molar-refractivity contribution is 6.32. The first-order chi connectivity index (χ1) is 7.58. The molecular formula is C9H10ClN5O. The zero-order chi connectivity index (χ0) is 11.7. The van der Waals surface area contributed by atoms with Gasteiger partial charge in [-0.25, -0.2) is 4.98 Å². The van der Waals surface area contributed by atoms with Crippen molar-refractivity contribution in [3.05, 3.63) is 29.2 Å². The van der Waals surface area contributed by atoms with E-state index in [0.29, 0.717) is 22.2 Å². The Balaban J connectivity index is 2.42. The Kier molecular flexibility index (Phi) is 2.76. The Morgan fingerprint density at radius 3 is 2.81 bits per heavy atom. The van der Waals surface area contributed by atoms with Gasteiger partial charge in [-0.2, -0.15) is 5.10 Å². The Morgan fingerprint density at radius 1 is 1.50 bits per heavy atom. The molecule has 1 atom stereocenters. The number of pyridine rings is 1. The molecule has 7 heteroatoms. The van der Waals surface area contributed by atoms with Gasteiger partial charge < -0.3 is 10.8 Å². The minimum Gasteiger partial charge on any atom is -0.397 e. The molecule has 0 fully saturated rings. The normalized spacial score (nSPS) is 12.7. The maximum Gasteiger partial charge on any atom is 0.193 e. The van der Waals surface area contributed by atoms with Crippen LogP contribution >= 0.6 is 11.6 Å². The summed E-state index contributed by atoms with van der Waals surface area (Å²) in [6.07, 6.45) is 2.24. The molecule has 0 saturated carbocycles. The average Bonchev–Trinajstić information content (AvgIpc) is 2.66. The van der Waals surface area contributed by atoms with Gasteiger partial charge in [0, 0.05) is 0 Å². The third-order valence-corrected chi connectivity index (χ3v) is 2.25. The second kappa shape index (κ2) is 4.07. The lowest BCUT2D eigenvalue weighted by Crippen LogP contribution is -2.04. The summed E-state index contributed by atoms with van der Waals surface area (Å²) in [4.78, 5) is 5.27. The van der Waals surface area contributed by atoms with E-state index in [9.17, 15) is 5.11 Å². The largest absolute Gasteiger partial charge is 0.397 e. The summed E-state index contributed by atoms with van der Waals surface area (Å²) in [6.45, 7) is 1.60. The highest BCUT2D eigenvalue weighted by atomic mass is 35.5. The van der Waals surface area contributed by atoms with E-state index in [2.05, 4.69) is 15.2 Å². The van der Waals surface area contributed by atoms with Crippen LogP contribution in [0.3, 0.4) is 0 Å². The lowest BCUT2D eigenvalue weighted by Gasteiger charge is -2.02. The van der Waals surface area contributed by atoms with Crippen molar-refractivity contribution in [1.82, 2.24) is 20.0 Å². The molecule has 0 aliphatic heterocycles. The molecular weight excluding hydrogens is 230 g/mol. The van der Waals surface area contributed by atoms with Gasteiger partial charge in [0.15, 0.2) is 5.82 Å². The van der Waals surface area contributed by atoms with E-state index in [-0.39, 0.29) is 0 Å². The van der Waals surface area contributed by atoms with Crippen molar-refractivity contribution in [2.24, 2.45) is 0 Å². The Labute approximate surface area is 96.7 Å². The number of nitrogens with two attached hydrogens (primary N) is 1.